The van der Waals surface area contributed by atoms with Gasteiger partial charge in [0.2, 0.25) is 11.8 Å². The summed E-state index contributed by atoms with van der Waals surface area (Å²) in [5.74, 6) is 1.04. The third kappa shape index (κ3) is 3.70. The Kier molecular flexibility index (Phi) is 5.04. The first-order valence-corrected chi connectivity index (χ1v) is 8.46. The van der Waals surface area contributed by atoms with Crippen LogP contribution in [0.3, 0.4) is 0 Å². The summed E-state index contributed by atoms with van der Waals surface area (Å²) in [7, 11) is 3.77. The summed E-state index contributed by atoms with van der Waals surface area (Å²) in [6, 6.07) is 7.90. The van der Waals surface area contributed by atoms with Gasteiger partial charge in [0, 0.05) is 26.2 Å². The Labute approximate surface area is 143 Å². The van der Waals surface area contributed by atoms with Crippen LogP contribution in [0.4, 0.5) is 0 Å². The molecule has 0 saturated carbocycles. The maximum Gasteiger partial charge on any atom is 0.236 e. The van der Waals surface area contributed by atoms with E-state index in [0.717, 1.165) is 17.7 Å². The van der Waals surface area contributed by atoms with Crippen LogP contribution >= 0.6 is 0 Å². The van der Waals surface area contributed by atoms with Gasteiger partial charge in [-0.25, -0.2) is 0 Å². The summed E-state index contributed by atoms with van der Waals surface area (Å²) >= 11 is 0. The van der Waals surface area contributed by atoms with Gasteiger partial charge in [0.25, 0.3) is 0 Å². The Balaban J connectivity index is 1.54. The third-order valence-electron chi connectivity index (χ3n) is 4.62. The van der Waals surface area contributed by atoms with Gasteiger partial charge in [0.15, 0.2) is 0 Å². The average molecular weight is 331 g/mol. The average Bonchev–Trinajstić information content (AvgIpc) is 2.60. The molecule has 0 aliphatic carbocycles. The normalized spacial score (nSPS) is 20.5. The van der Waals surface area contributed by atoms with Crippen molar-refractivity contribution in [1.29, 1.82) is 0 Å². The summed E-state index contributed by atoms with van der Waals surface area (Å²) in [6.45, 7) is 3.30. The fraction of sp³-hybridized carbons (Fsp3) is 0.556. The number of likely N-dealkylation sites (N-methyl/N-ethyl adjacent to an activating group) is 1. The fourth-order valence-corrected chi connectivity index (χ4v) is 3.29. The van der Waals surface area contributed by atoms with Crippen molar-refractivity contribution in [2.24, 2.45) is 5.92 Å². The molecule has 0 aromatic heterocycles. The molecule has 130 valence electrons. The lowest BCUT2D eigenvalue weighted by Crippen LogP contribution is -2.54. The molecule has 2 heterocycles. The molecule has 2 aliphatic heterocycles. The molecule has 1 fully saturated rings. The number of amides is 2. The predicted molar refractivity (Wildman–Crippen MR) is 90.8 cm³/mol. The molecule has 0 N–H and O–H groups in total. The number of para-hydroxylation sites is 1. The Morgan fingerprint density at radius 1 is 1.12 bits per heavy atom. The van der Waals surface area contributed by atoms with Crippen molar-refractivity contribution in [1.82, 2.24) is 14.7 Å². The van der Waals surface area contributed by atoms with E-state index in [1.807, 2.05) is 53.1 Å². The molecular formula is C18H25N3O3. The van der Waals surface area contributed by atoms with Crippen LogP contribution in [0.5, 0.6) is 5.75 Å². The smallest absolute Gasteiger partial charge is 0.236 e. The van der Waals surface area contributed by atoms with E-state index >= 15 is 0 Å². The van der Waals surface area contributed by atoms with E-state index in [1.165, 1.54) is 0 Å². The predicted octanol–water partition coefficient (Wildman–Crippen LogP) is 0.470. The van der Waals surface area contributed by atoms with E-state index in [-0.39, 0.29) is 17.7 Å². The van der Waals surface area contributed by atoms with E-state index in [4.69, 9.17) is 4.74 Å². The van der Waals surface area contributed by atoms with Crippen molar-refractivity contribution < 1.29 is 14.3 Å². The highest BCUT2D eigenvalue weighted by molar-refractivity contribution is 5.81. The highest BCUT2D eigenvalue weighted by atomic mass is 16.5. The van der Waals surface area contributed by atoms with E-state index in [9.17, 15) is 9.59 Å². The van der Waals surface area contributed by atoms with Crippen molar-refractivity contribution in [3.8, 4) is 5.75 Å². The van der Waals surface area contributed by atoms with Gasteiger partial charge < -0.3 is 19.4 Å². The van der Waals surface area contributed by atoms with Crippen LogP contribution in [0.1, 0.15) is 5.56 Å². The van der Waals surface area contributed by atoms with Crippen LogP contribution in [0.2, 0.25) is 0 Å². The molecule has 0 spiro atoms. The summed E-state index contributed by atoms with van der Waals surface area (Å²) < 4.78 is 5.73. The molecule has 2 amide bonds. The maximum atomic E-state index is 12.8. The Morgan fingerprint density at radius 3 is 2.50 bits per heavy atom. The molecular weight excluding hydrogens is 306 g/mol. The molecule has 1 aromatic carbocycles. The van der Waals surface area contributed by atoms with Gasteiger partial charge in [0.1, 0.15) is 12.4 Å². The third-order valence-corrected chi connectivity index (χ3v) is 4.62. The molecule has 3 rings (SSSR count). The first-order chi connectivity index (χ1) is 11.5. The van der Waals surface area contributed by atoms with E-state index in [0.29, 0.717) is 39.3 Å². The zero-order valence-electron chi connectivity index (χ0n) is 14.4. The van der Waals surface area contributed by atoms with Gasteiger partial charge in [-0.1, -0.05) is 18.2 Å². The van der Waals surface area contributed by atoms with Crippen molar-refractivity contribution >= 4 is 11.8 Å². The first kappa shape index (κ1) is 16.8. The van der Waals surface area contributed by atoms with Gasteiger partial charge >= 0.3 is 0 Å². The second-order valence-corrected chi connectivity index (χ2v) is 6.76. The number of nitrogens with zero attached hydrogens (tertiary/aromatic N) is 3. The van der Waals surface area contributed by atoms with Crippen LogP contribution in [0.15, 0.2) is 24.3 Å². The lowest BCUT2D eigenvalue weighted by atomic mass is 9.95. The van der Waals surface area contributed by atoms with Gasteiger partial charge in [-0.2, -0.15) is 0 Å². The number of ether oxygens (including phenoxy) is 1. The minimum Gasteiger partial charge on any atom is -0.492 e. The largest absolute Gasteiger partial charge is 0.492 e. The number of benzene rings is 1. The second kappa shape index (κ2) is 7.21. The second-order valence-electron chi connectivity index (χ2n) is 6.76. The quantitative estimate of drug-likeness (QED) is 0.808. The van der Waals surface area contributed by atoms with E-state index in [1.54, 1.807) is 0 Å². The van der Waals surface area contributed by atoms with Crippen molar-refractivity contribution in [3.63, 3.8) is 0 Å². The number of piperazine rings is 1. The number of carbonyl (C=O) groups excluding carboxylic acids is 2. The number of carbonyl (C=O) groups is 2. The fourth-order valence-electron chi connectivity index (χ4n) is 3.29. The van der Waals surface area contributed by atoms with Crippen molar-refractivity contribution in [3.05, 3.63) is 29.8 Å². The van der Waals surface area contributed by atoms with Crippen LogP contribution in [-0.4, -0.2) is 79.9 Å². The van der Waals surface area contributed by atoms with Crippen molar-refractivity contribution in [2.45, 2.75) is 6.42 Å². The highest BCUT2D eigenvalue weighted by Crippen LogP contribution is 2.27. The van der Waals surface area contributed by atoms with Gasteiger partial charge in [0.05, 0.1) is 12.5 Å². The van der Waals surface area contributed by atoms with Gasteiger partial charge in [-0.05, 0) is 32.1 Å². The zero-order valence-corrected chi connectivity index (χ0v) is 14.4. The van der Waals surface area contributed by atoms with Gasteiger partial charge in [-0.15, -0.1) is 0 Å². The standard InChI is InChI=1S/C18H25N3O3/c1-19(2)12-17(22)20-7-9-21(10-8-20)18(23)15-11-14-5-3-4-6-16(14)24-13-15/h3-6,15H,7-13H2,1-2H3. The summed E-state index contributed by atoms with van der Waals surface area (Å²) in [5, 5.41) is 0. The first-order valence-electron chi connectivity index (χ1n) is 8.46. The summed E-state index contributed by atoms with van der Waals surface area (Å²) in [4.78, 5) is 30.4. The van der Waals surface area contributed by atoms with Crippen LogP contribution in [0, 0.1) is 5.92 Å². The SMILES string of the molecule is CN(C)CC(=O)N1CCN(C(=O)C2COc3ccccc3C2)CC1. The molecule has 0 radical (unpaired) electrons. The van der Waals surface area contributed by atoms with E-state index < -0.39 is 0 Å². The molecule has 6 heteroatoms. The van der Waals surface area contributed by atoms with Crippen LogP contribution in [-0.2, 0) is 16.0 Å². The molecule has 1 saturated heterocycles. The molecule has 2 aliphatic rings. The Morgan fingerprint density at radius 2 is 1.79 bits per heavy atom. The lowest BCUT2D eigenvalue weighted by molar-refractivity contribution is -0.143. The number of hydrogen-bond acceptors (Lipinski definition) is 4. The molecule has 6 nitrogen and oxygen atoms in total. The lowest BCUT2D eigenvalue weighted by Gasteiger charge is -2.37. The van der Waals surface area contributed by atoms with Crippen molar-refractivity contribution in [2.75, 3.05) is 53.4 Å². The molecule has 24 heavy (non-hydrogen) atoms. The monoisotopic (exact) mass is 331 g/mol. The summed E-state index contributed by atoms with van der Waals surface area (Å²) in [5.41, 5.74) is 1.10. The number of rotatable bonds is 3. The Bertz CT molecular complexity index is 609. The number of fused-ring (bicyclic) bond motifs is 1. The van der Waals surface area contributed by atoms with E-state index in [2.05, 4.69) is 0 Å². The van der Waals surface area contributed by atoms with Gasteiger partial charge in [-0.3, -0.25) is 9.59 Å². The minimum atomic E-state index is -0.121. The minimum absolute atomic E-state index is 0.121. The summed E-state index contributed by atoms with van der Waals surface area (Å²) in [6.07, 6.45) is 0.731. The highest BCUT2D eigenvalue weighted by Gasteiger charge is 2.32. The molecule has 1 atom stereocenters. The maximum absolute atomic E-state index is 12.8. The topological polar surface area (TPSA) is 53.1 Å². The molecule has 1 aromatic rings. The zero-order chi connectivity index (χ0) is 17.1. The van der Waals surface area contributed by atoms with Crippen LogP contribution < -0.4 is 4.74 Å². The Hall–Kier alpha value is -2.08. The number of hydrogen-bond donors (Lipinski definition) is 0. The molecule has 0 bridgehead atoms. The van der Waals surface area contributed by atoms with Crippen LogP contribution in [0.25, 0.3) is 0 Å². The molecule has 1 unspecified atom stereocenters.